The summed E-state index contributed by atoms with van der Waals surface area (Å²) in [7, 11) is 0. The Labute approximate surface area is 162 Å². The Hall–Kier alpha value is -2.68. The number of Topliss-reactive ketones (excluding diaryl/α,β-unsaturated/α-hetero) is 1. The first-order valence-corrected chi connectivity index (χ1v) is 9.69. The van der Waals surface area contributed by atoms with Crippen molar-refractivity contribution in [1.29, 1.82) is 0 Å². The van der Waals surface area contributed by atoms with Crippen molar-refractivity contribution < 1.29 is 14.3 Å². The number of ether oxygens (including phenoxy) is 1. The number of hydrogen-bond acceptors (Lipinski definition) is 3. The molecule has 0 radical (unpaired) electrons. The minimum atomic E-state index is -0.298. The summed E-state index contributed by atoms with van der Waals surface area (Å²) >= 11 is 0. The molecule has 0 N–H and O–H groups in total. The molecule has 3 heteroatoms. The van der Waals surface area contributed by atoms with Crippen LogP contribution in [0.1, 0.15) is 72.2 Å². The lowest BCUT2D eigenvalue weighted by molar-refractivity contribution is 0.0526. The number of unbranched alkanes of at least 4 members (excludes halogenated alkanes) is 1. The van der Waals surface area contributed by atoms with Gasteiger partial charge in [-0.3, -0.25) is 4.79 Å². The number of esters is 1. The van der Waals surface area contributed by atoms with E-state index < -0.39 is 0 Å². The van der Waals surface area contributed by atoms with E-state index in [1.165, 1.54) is 5.57 Å². The maximum Gasteiger partial charge on any atom is 0.338 e. The van der Waals surface area contributed by atoms with Crippen molar-refractivity contribution in [3.63, 3.8) is 0 Å². The normalized spacial score (nSPS) is 11.3. The molecule has 3 nitrogen and oxygen atoms in total. The molecule has 0 aromatic heterocycles. The van der Waals surface area contributed by atoms with Crippen LogP contribution in [0.25, 0.3) is 6.08 Å². The van der Waals surface area contributed by atoms with Gasteiger partial charge < -0.3 is 4.74 Å². The fourth-order valence-electron chi connectivity index (χ4n) is 2.88. The lowest BCUT2D eigenvalue weighted by Crippen LogP contribution is -2.04. The molecule has 2 aromatic rings. The van der Waals surface area contributed by atoms with Gasteiger partial charge in [0.25, 0.3) is 0 Å². The molecule has 0 unspecified atom stereocenters. The highest BCUT2D eigenvalue weighted by Gasteiger charge is 2.08. The van der Waals surface area contributed by atoms with Gasteiger partial charge >= 0.3 is 5.97 Å². The molecule has 0 aliphatic rings. The fraction of sp³-hybridized carbons (Fsp3) is 0.333. The third kappa shape index (κ3) is 6.86. The third-order valence-corrected chi connectivity index (χ3v) is 4.41. The number of rotatable bonds is 10. The number of benzene rings is 2. The third-order valence-electron chi connectivity index (χ3n) is 4.41. The van der Waals surface area contributed by atoms with Crippen LogP contribution >= 0.6 is 0 Å². The lowest BCUT2D eigenvalue weighted by atomic mass is 9.97. The van der Waals surface area contributed by atoms with E-state index in [1.807, 2.05) is 42.5 Å². The molecule has 0 atom stereocenters. The summed E-state index contributed by atoms with van der Waals surface area (Å²) in [6.07, 6.45) is 6.62. The predicted molar refractivity (Wildman–Crippen MR) is 110 cm³/mol. The Morgan fingerprint density at radius 2 is 1.56 bits per heavy atom. The highest BCUT2D eigenvalue weighted by molar-refractivity contribution is 5.96. The molecule has 0 amide bonds. The van der Waals surface area contributed by atoms with E-state index in [0.29, 0.717) is 18.6 Å². The maximum atomic E-state index is 12.4. The number of carbonyl (C=O) groups excluding carboxylic acids is 2. The standard InChI is InChI=1S/C24H28O3/c1-3-5-9-19(14-17-23(25)21-10-7-6-8-11-21)18-20-12-15-22(16-13-20)24(26)27-4-2/h6-8,10-13,15-16,18H,3-5,9,14,17H2,1-2H3/b19-18+. The smallest absolute Gasteiger partial charge is 0.338 e. The van der Waals surface area contributed by atoms with Gasteiger partial charge in [-0.05, 0) is 43.9 Å². The minimum absolute atomic E-state index is 0.177. The molecule has 0 heterocycles. The molecule has 0 spiro atoms. The Morgan fingerprint density at radius 3 is 2.19 bits per heavy atom. The minimum Gasteiger partial charge on any atom is -0.462 e. The summed E-state index contributed by atoms with van der Waals surface area (Å²) in [5.74, 6) is -0.122. The van der Waals surface area contributed by atoms with Crippen molar-refractivity contribution >= 4 is 17.8 Å². The zero-order valence-electron chi connectivity index (χ0n) is 16.2. The van der Waals surface area contributed by atoms with Crippen LogP contribution in [-0.4, -0.2) is 18.4 Å². The first-order chi connectivity index (χ1) is 13.1. The van der Waals surface area contributed by atoms with Gasteiger partial charge in [-0.2, -0.15) is 0 Å². The van der Waals surface area contributed by atoms with E-state index in [2.05, 4.69) is 13.0 Å². The predicted octanol–water partition coefficient (Wildman–Crippen LogP) is 6.10. The van der Waals surface area contributed by atoms with Gasteiger partial charge in [0.2, 0.25) is 0 Å². The second-order valence-electron chi connectivity index (χ2n) is 6.54. The van der Waals surface area contributed by atoms with Crippen molar-refractivity contribution in [2.75, 3.05) is 6.61 Å². The summed E-state index contributed by atoms with van der Waals surface area (Å²) < 4.78 is 5.02. The molecule has 0 saturated carbocycles. The highest BCUT2D eigenvalue weighted by atomic mass is 16.5. The molecule has 2 rings (SSSR count). The zero-order chi connectivity index (χ0) is 19.5. The largest absolute Gasteiger partial charge is 0.462 e. The molecular weight excluding hydrogens is 336 g/mol. The van der Waals surface area contributed by atoms with Gasteiger partial charge in [-0.25, -0.2) is 4.79 Å². The Balaban J connectivity index is 2.05. The van der Waals surface area contributed by atoms with E-state index in [9.17, 15) is 9.59 Å². The monoisotopic (exact) mass is 364 g/mol. The second kappa shape index (κ2) is 11.1. The van der Waals surface area contributed by atoms with Crippen LogP contribution in [-0.2, 0) is 4.74 Å². The van der Waals surface area contributed by atoms with Crippen LogP contribution in [0.2, 0.25) is 0 Å². The average molecular weight is 364 g/mol. The Bertz CT molecular complexity index is 758. The molecule has 27 heavy (non-hydrogen) atoms. The first-order valence-electron chi connectivity index (χ1n) is 9.69. The van der Waals surface area contributed by atoms with Crippen LogP contribution in [0, 0.1) is 0 Å². The molecule has 0 bridgehead atoms. The number of ketones is 1. The second-order valence-corrected chi connectivity index (χ2v) is 6.54. The quantitative estimate of drug-likeness (QED) is 0.378. The van der Waals surface area contributed by atoms with Crippen molar-refractivity contribution in [2.24, 2.45) is 0 Å². The van der Waals surface area contributed by atoms with Crippen LogP contribution in [0.3, 0.4) is 0 Å². The molecule has 0 fully saturated rings. The van der Waals surface area contributed by atoms with Crippen molar-refractivity contribution in [3.8, 4) is 0 Å². The van der Waals surface area contributed by atoms with Crippen molar-refractivity contribution in [1.82, 2.24) is 0 Å². The summed E-state index contributed by atoms with van der Waals surface area (Å²) in [5.41, 5.74) is 3.64. The molecule has 0 aliphatic carbocycles. The molecule has 2 aromatic carbocycles. The average Bonchev–Trinajstić information content (AvgIpc) is 2.71. The lowest BCUT2D eigenvalue weighted by Gasteiger charge is -2.08. The van der Waals surface area contributed by atoms with E-state index in [4.69, 9.17) is 4.74 Å². The van der Waals surface area contributed by atoms with Crippen LogP contribution < -0.4 is 0 Å². The summed E-state index contributed by atoms with van der Waals surface area (Å²) in [5, 5.41) is 0. The topological polar surface area (TPSA) is 43.4 Å². The van der Waals surface area contributed by atoms with Crippen LogP contribution in [0.5, 0.6) is 0 Å². The van der Waals surface area contributed by atoms with Crippen LogP contribution in [0.4, 0.5) is 0 Å². The van der Waals surface area contributed by atoms with Gasteiger partial charge in [-0.15, -0.1) is 0 Å². The summed E-state index contributed by atoms with van der Waals surface area (Å²) in [6, 6.07) is 16.9. The highest BCUT2D eigenvalue weighted by Crippen LogP contribution is 2.20. The van der Waals surface area contributed by atoms with E-state index in [1.54, 1.807) is 19.1 Å². The van der Waals surface area contributed by atoms with Gasteiger partial charge in [0.1, 0.15) is 0 Å². The number of allylic oxidation sites excluding steroid dienone is 1. The first kappa shape index (κ1) is 20.6. The van der Waals surface area contributed by atoms with Gasteiger partial charge in [0.05, 0.1) is 12.2 Å². The van der Waals surface area contributed by atoms with Crippen molar-refractivity contribution in [2.45, 2.75) is 46.0 Å². The molecule has 142 valence electrons. The van der Waals surface area contributed by atoms with Gasteiger partial charge in [-0.1, -0.05) is 67.5 Å². The zero-order valence-corrected chi connectivity index (χ0v) is 16.2. The van der Waals surface area contributed by atoms with E-state index in [-0.39, 0.29) is 11.8 Å². The van der Waals surface area contributed by atoms with Gasteiger partial charge in [0, 0.05) is 12.0 Å². The SMILES string of the molecule is CCCC/C(=C\c1ccc(C(=O)OCC)cc1)CCC(=O)c1ccccc1. The Kier molecular flexibility index (Phi) is 8.50. The van der Waals surface area contributed by atoms with Gasteiger partial charge in [0.15, 0.2) is 5.78 Å². The number of hydrogen-bond donors (Lipinski definition) is 0. The number of carbonyl (C=O) groups is 2. The van der Waals surface area contributed by atoms with E-state index in [0.717, 1.165) is 36.8 Å². The Morgan fingerprint density at radius 1 is 0.852 bits per heavy atom. The van der Waals surface area contributed by atoms with E-state index >= 15 is 0 Å². The fourth-order valence-corrected chi connectivity index (χ4v) is 2.88. The molecule has 0 aliphatic heterocycles. The summed E-state index contributed by atoms with van der Waals surface area (Å²) in [4.78, 5) is 24.1. The molecular formula is C24H28O3. The maximum absolute atomic E-state index is 12.4. The van der Waals surface area contributed by atoms with Crippen LogP contribution in [0.15, 0.2) is 60.2 Å². The summed E-state index contributed by atoms with van der Waals surface area (Å²) in [6.45, 7) is 4.34. The molecule has 0 saturated heterocycles. The van der Waals surface area contributed by atoms with Crippen molar-refractivity contribution in [3.05, 3.63) is 76.9 Å².